The van der Waals surface area contributed by atoms with E-state index in [1.807, 2.05) is 19.1 Å². The van der Waals surface area contributed by atoms with E-state index in [0.29, 0.717) is 41.4 Å². The van der Waals surface area contributed by atoms with Gasteiger partial charge >= 0.3 is 0 Å². The summed E-state index contributed by atoms with van der Waals surface area (Å²) < 4.78 is 0. The second-order valence-electron chi connectivity index (χ2n) is 7.99. The lowest BCUT2D eigenvalue weighted by molar-refractivity contribution is -0.383. The molecule has 1 aliphatic heterocycles. The van der Waals surface area contributed by atoms with Gasteiger partial charge in [-0.1, -0.05) is 18.2 Å². The molecule has 32 heavy (non-hydrogen) atoms. The molecule has 3 aromatic rings. The van der Waals surface area contributed by atoms with Crippen LogP contribution < -0.4 is 15.5 Å². The Hall–Kier alpha value is -3.46. The van der Waals surface area contributed by atoms with Crippen molar-refractivity contribution in [1.82, 2.24) is 9.97 Å². The standard InChI is InChI=1S/C23H28N6O3/c1-2-24-20-12-19-18(11-22(20)29(31)32)23(27-15-26-19)25-13-17-5-3-4-6-21(17)28-9-7-16(14-30)8-10-28/h3-6,11-12,15-16,24,30H,2,7-10,13-14H2,1H3,(H,25,26,27). The van der Waals surface area contributed by atoms with Gasteiger partial charge in [-0.15, -0.1) is 0 Å². The second-order valence-corrected chi connectivity index (χ2v) is 7.99. The van der Waals surface area contributed by atoms with Gasteiger partial charge in [0.25, 0.3) is 5.69 Å². The maximum Gasteiger partial charge on any atom is 0.293 e. The minimum atomic E-state index is -0.389. The van der Waals surface area contributed by atoms with Gasteiger partial charge in [0.05, 0.1) is 10.4 Å². The molecular weight excluding hydrogens is 408 g/mol. The quantitative estimate of drug-likeness (QED) is 0.361. The molecular formula is C23H28N6O3. The minimum Gasteiger partial charge on any atom is -0.396 e. The van der Waals surface area contributed by atoms with E-state index in [2.05, 4.69) is 37.6 Å². The van der Waals surface area contributed by atoms with Crippen LogP contribution >= 0.6 is 0 Å². The van der Waals surface area contributed by atoms with Crippen molar-refractivity contribution in [3.63, 3.8) is 0 Å². The van der Waals surface area contributed by atoms with E-state index in [1.165, 1.54) is 12.4 Å². The van der Waals surface area contributed by atoms with Gasteiger partial charge in [-0.05, 0) is 43.4 Å². The molecule has 0 atom stereocenters. The Balaban J connectivity index is 1.59. The highest BCUT2D eigenvalue weighted by molar-refractivity contribution is 5.94. The first-order valence-corrected chi connectivity index (χ1v) is 10.9. The SMILES string of the molecule is CCNc1cc2ncnc(NCc3ccccc3N3CCC(CO)CC3)c2cc1[N+](=O)[O-]. The number of nitro benzene ring substituents is 1. The minimum absolute atomic E-state index is 0.00403. The molecule has 0 spiro atoms. The molecule has 0 bridgehead atoms. The first-order chi connectivity index (χ1) is 15.6. The first-order valence-electron chi connectivity index (χ1n) is 10.9. The van der Waals surface area contributed by atoms with E-state index >= 15 is 0 Å². The predicted octanol–water partition coefficient (Wildman–Crippen LogP) is 3.79. The fraction of sp³-hybridized carbons (Fsp3) is 0.391. The molecule has 2 aromatic carbocycles. The Bertz CT molecular complexity index is 1100. The third-order valence-electron chi connectivity index (χ3n) is 5.97. The molecule has 9 nitrogen and oxygen atoms in total. The molecule has 1 fully saturated rings. The number of aliphatic hydroxyl groups is 1. The number of nitrogens with one attached hydrogen (secondary N) is 2. The highest BCUT2D eigenvalue weighted by Gasteiger charge is 2.21. The lowest BCUT2D eigenvalue weighted by Gasteiger charge is -2.34. The summed E-state index contributed by atoms with van der Waals surface area (Å²) in [5.41, 5.74) is 3.38. The zero-order valence-corrected chi connectivity index (χ0v) is 18.1. The molecule has 1 aromatic heterocycles. The summed E-state index contributed by atoms with van der Waals surface area (Å²) in [6.45, 7) is 5.08. The maximum atomic E-state index is 11.6. The molecule has 168 valence electrons. The highest BCUT2D eigenvalue weighted by Crippen LogP contribution is 2.33. The Morgan fingerprint density at radius 3 is 2.69 bits per heavy atom. The number of para-hydroxylation sites is 1. The van der Waals surface area contributed by atoms with E-state index in [4.69, 9.17) is 0 Å². The summed E-state index contributed by atoms with van der Waals surface area (Å²) in [7, 11) is 0. The van der Waals surface area contributed by atoms with Gasteiger partial charge in [-0.25, -0.2) is 9.97 Å². The third-order valence-corrected chi connectivity index (χ3v) is 5.97. The Morgan fingerprint density at radius 2 is 1.97 bits per heavy atom. The zero-order valence-electron chi connectivity index (χ0n) is 18.1. The molecule has 0 radical (unpaired) electrons. The van der Waals surface area contributed by atoms with Crippen molar-refractivity contribution in [3.8, 4) is 0 Å². The maximum absolute atomic E-state index is 11.6. The number of benzene rings is 2. The molecule has 0 saturated carbocycles. The van der Waals surface area contributed by atoms with E-state index < -0.39 is 0 Å². The summed E-state index contributed by atoms with van der Waals surface area (Å²) in [6, 6.07) is 11.5. The van der Waals surface area contributed by atoms with E-state index in [9.17, 15) is 15.2 Å². The number of hydrogen-bond acceptors (Lipinski definition) is 8. The third kappa shape index (κ3) is 4.57. The monoisotopic (exact) mass is 436 g/mol. The molecule has 2 heterocycles. The number of anilines is 3. The second kappa shape index (κ2) is 9.78. The van der Waals surface area contributed by atoms with Gasteiger partial charge in [0.15, 0.2) is 0 Å². The number of aliphatic hydroxyl groups excluding tert-OH is 1. The van der Waals surface area contributed by atoms with Crippen LogP contribution in [0.5, 0.6) is 0 Å². The van der Waals surface area contributed by atoms with Crippen molar-refractivity contribution in [3.05, 3.63) is 58.4 Å². The van der Waals surface area contributed by atoms with Gasteiger partial charge in [-0.2, -0.15) is 0 Å². The van der Waals surface area contributed by atoms with Crippen molar-refractivity contribution in [1.29, 1.82) is 0 Å². The molecule has 0 aliphatic carbocycles. The molecule has 3 N–H and O–H groups in total. The molecule has 0 unspecified atom stereocenters. The topological polar surface area (TPSA) is 116 Å². The number of rotatable bonds is 8. The van der Waals surface area contributed by atoms with Crippen LogP contribution in [0.4, 0.5) is 22.9 Å². The summed E-state index contributed by atoms with van der Waals surface area (Å²) in [4.78, 5) is 22.2. The number of hydrogen-bond donors (Lipinski definition) is 3. The lowest BCUT2D eigenvalue weighted by atomic mass is 9.97. The Kier molecular flexibility index (Phi) is 6.65. The molecule has 4 rings (SSSR count). The van der Waals surface area contributed by atoms with Crippen molar-refractivity contribution < 1.29 is 10.0 Å². The van der Waals surface area contributed by atoms with Crippen LogP contribution in [0.15, 0.2) is 42.7 Å². The number of nitrogens with zero attached hydrogens (tertiary/aromatic N) is 4. The number of fused-ring (bicyclic) bond motifs is 1. The van der Waals surface area contributed by atoms with Crippen molar-refractivity contribution in [2.45, 2.75) is 26.3 Å². The fourth-order valence-electron chi connectivity index (χ4n) is 4.22. The van der Waals surface area contributed by atoms with Gasteiger partial charge in [0.1, 0.15) is 17.8 Å². The van der Waals surface area contributed by atoms with Crippen LogP contribution in [0, 0.1) is 16.0 Å². The molecule has 1 aliphatic rings. The van der Waals surface area contributed by atoms with Crippen LogP contribution in [0.2, 0.25) is 0 Å². The molecule has 9 heteroatoms. The Morgan fingerprint density at radius 1 is 1.19 bits per heavy atom. The van der Waals surface area contributed by atoms with Gasteiger partial charge < -0.3 is 20.6 Å². The molecule has 1 saturated heterocycles. The van der Waals surface area contributed by atoms with Crippen LogP contribution in [0.3, 0.4) is 0 Å². The fourth-order valence-corrected chi connectivity index (χ4v) is 4.22. The van der Waals surface area contributed by atoms with E-state index in [-0.39, 0.29) is 17.2 Å². The van der Waals surface area contributed by atoms with Crippen LogP contribution in [-0.4, -0.2) is 46.2 Å². The largest absolute Gasteiger partial charge is 0.396 e. The van der Waals surface area contributed by atoms with Crippen molar-refractivity contribution in [2.24, 2.45) is 5.92 Å². The van der Waals surface area contributed by atoms with Gasteiger partial charge in [0, 0.05) is 49.9 Å². The number of aromatic nitrogens is 2. The summed E-state index contributed by atoms with van der Waals surface area (Å²) in [5, 5.41) is 28.0. The first kappa shape index (κ1) is 21.8. The van der Waals surface area contributed by atoms with Gasteiger partial charge in [-0.3, -0.25) is 10.1 Å². The van der Waals surface area contributed by atoms with Crippen molar-refractivity contribution in [2.75, 3.05) is 41.8 Å². The smallest absolute Gasteiger partial charge is 0.293 e. The average molecular weight is 437 g/mol. The Labute approximate surface area is 186 Å². The molecule has 0 amide bonds. The predicted molar refractivity (Wildman–Crippen MR) is 126 cm³/mol. The summed E-state index contributed by atoms with van der Waals surface area (Å²) in [5.74, 6) is 0.946. The van der Waals surface area contributed by atoms with Crippen LogP contribution in [0.1, 0.15) is 25.3 Å². The zero-order chi connectivity index (χ0) is 22.5. The normalized spacial score (nSPS) is 14.5. The van der Waals surface area contributed by atoms with Gasteiger partial charge in [0.2, 0.25) is 0 Å². The van der Waals surface area contributed by atoms with E-state index in [1.54, 1.807) is 6.07 Å². The number of nitro groups is 1. The average Bonchev–Trinajstić information content (AvgIpc) is 2.82. The lowest BCUT2D eigenvalue weighted by Crippen LogP contribution is -2.35. The van der Waals surface area contributed by atoms with Crippen LogP contribution in [0.25, 0.3) is 10.9 Å². The highest BCUT2D eigenvalue weighted by atomic mass is 16.6. The summed E-state index contributed by atoms with van der Waals surface area (Å²) in [6.07, 6.45) is 3.43. The summed E-state index contributed by atoms with van der Waals surface area (Å²) >= 11 is 0. The number of piperidine rings is 1. The van der Waals surface area contributed by atoms with E-state index in [0.717, 1.165) is 37.2 Å². The van der Waals surface area contributed by atoms with Crippen molar-refractivity contribution >= 4 is 33.8 Å². The van der Waals surface area contributed by atoms with Crippen LogP contribution in [-0.2, 0) is 6.54 Å².